The van der Waals surface area contributed by atoms with Crippen LogP contribution in [0.1, 0.15) is 25.3 Å². The summed E-state index contributed by atoms with van der Waals surface area (Å²) < 4.78 is 44.8. The molecule has 0 aliphatic carbocycles. The molecule has 8 heteroatoms. The third kappa shape index (κ3) is 3.68. The second-order valence-electron chi connectivity index (χ2n) is 6.50. The predicted molar refractivity (Wildman–Crippen MR) is 87.6 cm³/mol. The molecule has 0 bridgehead atoms. The molecule has 0 radical (unpaired) electrons. The van der Waals surface area contributed by atoms with E-state index in [2.05, 4.69) is 0 Å². The summed E-state index contributed by atoms with van der Waals surface area (Å²) in [7, 11) is 0. The number of hydrogen-bond donors (Lipinski definition) is 0. The van der Waals surface area contributed by atoms with E-state index in [1.165, 1.54) is 0 Å². The maximum Gasteiger partial charge on any atom is 0.410 e. The summed E-state index contributed by atoms with van der Waals surface area (Å²) in [5.41, 5.74) is -0.194. The molecule has 2 amide bonds. The number of likely N-dealkylation sites (tertiary alicyclic amines) is 1. The van der Waals surface area contributed by atoms with Gasteiger partial charge in [-0.15, -0.1) is 0 Å². The largest absolute Gasteiger partial charge is 0.444 e. The first-order valence-electron chi connectivity index (χ1n) is 8.44. The van der Waals surface area contributed by atoms with E-state index in [0.29, 0.717) is 32.5 Å². The Morgan fingerprint density at radius 1 is 1.19 bits per heavy atom. The van der Waals surface area contributed by atoms with Gasteiger partial charge in [0, 0.05) is 30.8 Å². The number of benzene rings is 1. The van der Waals surface area contributed by atoms with Crippen LogP contribution < -0.4 is 0 Å². The van der Waals surface area contributed by atoms with E-state index in [4.69, 9.17) is 4.74 Å². The Bertz CT molecular complexity index is 745. The van der Waals surface area contributed by atoms with Crippen molar-refractivity contribution in [2.45, 2.75) is 31.9 Å². The Hall–Kier alpha value is -2.51. The quantitative estimate of drug-likeness (QED) is 0.609. The molecule has 0 N–H and O–H groups in total. The van der Waals surface area contributed by atoms with Crippen LogP contribution in [0.3, 0.4) is 0 Å². The molecule has 1 atom stereocenters. The van der Waals surface area contributed by atoms with Crippen molar-refractivity contribution in [2.75, 3.05) is 19.6 Å². The molecule has 1 aromatic carbocycles. The molecule has 2 saturated heterocycles. The predicted octanol–water partition coefficient (Wildman–Crippen LogP) is 2.95. The van der Waals surface area contributed by atoms with Gasteiger partial charge in [-0.2, -0.15) is 0 Å². The molecule has 0 spiro atoms. The molecule has 140 valence electrons. The summed E-state index contributed by atoms with van der Waals surface area (Å²) in [6, 6.07) is 1.91. The standard InChI is InChI=1S/C18H19F3N2O3/c1-11-10-23(18(25)26-11)13-6-8-22(9-7-13)15(24)5-3-12-2-4-14(19)17(21)16(12)20/h2-5,11,13H,6-10H2,1H3. The Balaban J connectivity index is 1.57. The zero-order valence-corrected chi connectivity index (χ0v) is 14.3. The lowest BCUT2D eigenvalue weighted by Gasteiger charge is -2.35. The van der Waals surface area contributed by atoms with Crippen molar-refractivity contribution >= 4 is 18.1 Å². The average molecular weight is 368 g/mol. The first kappa shape index (κ1) is 18.3. The van der Waals surface area contributed by atoms with Gasteiger partial charge in [0.2, 0.25) is 5.91 Å². The van der Waals surface area contributed by atoms with E-state index in [9.17, 15) is 22.8 Å². The first-order valence-corrected chi connectivity index (χ1v) is 8.44. The van der Waals surface area contributed by atoms with Gasteiger partial charge in [-0.1, -0.05) is 0 Å². The number of hydrogen-bond acceptors (Lipinski definition) is 3. The van der Waals surface area contributed by atoms with Crippen LogP contribution in [0.5, 0.6) is 0 Å². The van der Waals surface area contributed by atoms with Gasteiger partial charge >= 0.3 is 6.09 Å². The van der Waals surface area contributed by atoms with Crippen molar-refractivity contribution in [1.82, 2.24) is 9.80 Å². The fraction of sp³-hybridized carbons (Fsp3) is 0.444. The van der Waals surface area contributed by atoms with Crippen LogP contribution in [0.25, 0.3) is 6.08 Å². The number of carbonyl (C=O) groups excluding carboxylic acids is 2. The van der Waals surface area contributed by atoms with E-state index < -0.39 is 17.5 Å². The van der Waals surface area contributed by atoms with Crippen LogP contribution in [-0.4, -0.2) is 53.6 Å². The number of nitrogens with zero attached hydrogens (tertiary/aromatic N) is 2. The molecule has 2 aliphatic heterocycles. The van der Waals surface area contributed by atoms with E-state index in [1.807, 2.05) is 6.92 Å². The highest BCUT2D eigenvalue weighted by molar-refractivity contribution is 5.91. The molecule has 2 fully saturated rings. The number of halogens is 3. The molecule has 26 heavy (non-hydrogen) atoms. The Kier molecular flexibility index (Phi) is 5.20. The van der Waals surface area contributed by atoms with E-state index in [-0.39, 0.29) is 29.7 Å². The summed E-state index contributed by atoms with van der Waals surface area (Å²) in [5.74, 6) is -4.51. The van der Waals surface area contributed by atoms with Gasteiger partial charge in [0.1, 0.15) is 6.10 Å². The highest BCUT2D eigenvalue weighted by Crippen LogP contribution is 2.23. The molecule has 1 unspecified atom stereocenters. The molecular formula is C18H19F3N2O3. The zero-order chi connectivity index (χ0) is 18.8. The SMILES string of the molecule is CC1CN(C2CCN(C(=O)C=Cc3ccc(F)c(F)c3F)CC2)C(=O)O1. The van der Waals surface area contributed by atoms with Crippen molar-refractivity contribution in [3.63, 3.8) is 0 Å². The van der Waals surface area contributed by atoms with Crippen molar-refractivity contribution in [2.24, 2.45) is 0 Å². The van der Waals surface area contributed by atoms with Gasteiger partial charge in [0.25, 0.3) is 0 Å². The number of cyclic esters (lactones) is 1. The summed E-state index contributed by atoms with van der Waals surface area (Å²) in [5, 5.41) is 0. The molecule has 2 heterocycles. The second kappa shape index (κ2) is 7.39. The highest BCUT2D eigenvalue weighted by Gasteiger charge is 2.35. The van der Waals surface area contributed by atoms with Gasteiger partial charge in [0.15, 0.2) is 17.5 Å². The Morgan fingerprint density at radius 2 is 1.88 bits per heavy atom. The third-order valence-corrected chi connectivity index (χ3v) is 4.68. The summed E-state index contributed by atoms with van der Waals surface area (Å²) in [4.78, 5) is 27.3. The summed E-state index contributed by atoms with van der Waals surface area (Å²) >= 11 is 0. The minimum absolute atomic E-state index is 0.0316. The number of rotatable bonds is 3. The minimum Gasteiger partial charge on any atom is -0.444 e. The monoisotopic (exact) mass is 368 g/mol. The summed E-state index contributed by atoms with van der Waals surface area (Å²) in [6.45, 7) is 3.28. The van der Waals surface area contributed by atoms with Crippen LogP contribution in [-0.2, 0) is 9.53 Å². The fourth-order valence-corrected chi connectivity index (χ4v) is 3.26. The maximum absolute atomic E-state index is 13.6. The lowest BCUT2D eigenvalue weighted by atomic mass is 10.0. The molecule has 0 saturated carbocycles. The Morgan fingerprint density at radius 3 is 2.50 bits per heavy atom. The molecule has 1 aromatic rings. The molecule has 0 aromatic heterocycles. The van der Waals surface area contributed by atoms with Crippen molar-refractivity contribution in [1.29, 1.82) is 0 Å². The van der Waals surface area contributed by atoms with Gasteiger partial charge in [0.05, 0.1) is 6.54 Å². The number of carbonyl (C=O) groups is 2. The van der Waals surface area contributed by atoms with Gasteiger partial charge in [-0.3, -0.25) is 4.79 Å². The van der Waals surface area contributed by atoms with Crippen LogP contribution in [0.15, 0.2) is 18.2 Å². The smallest absolute Gasteiger partial charge is 0.410 e. The fourth-order valence-electron chi connectivity index (χ4n) is 3.26. The van der Waals surface area contributed by atoms with E-state index in [0.717, 1.165) is 24.3 Å². The van der Waals surface area contributed by atoms with E-state index in [1.54, 1.807) is 9.80 Å². The maximum atomic E-state index is 13.6. The molecule has 2 aliphatic rings. The van der Waals surface area contributed by atoms with E-state index >= 15 is 0 Å². The number of piperidine rings is 1. The molecular weight excluding hydrogens is 349 g/mol. The van der Waals surface area contributed by atoms with Crippen molar-refractivity contribution in [3.05, 3.63) is 41.2 Å². The molecule has 5 nitrogen and oxygen atoms in total. The van der Waals surface area contributed by atoms with Crippen LogP contribution in [0.4, 0.5) is 18.0 Å². The van der Waals surface area contributed by atoms with Gasteiger partial charge in [-0.25, -0.2) is 18.0 Å². The summed E-state index contributed by atoms with van der Waals surface area (Å²) in [6.07, 6.45) is 3.07. The minimum atomic E-state index is -1.56. The van der Waals surface area contributed by atoms with Gasteiger partial charge in [-0.05, 0) is 38.0 Å². The van der Waals surface area contributed by atoms with Crippen LogP contribution in [0.2, 0.25) is 0 Å². The highest BCUT2D eigenvalue weighted by atomic mass is 19.2. The van der Waals surface area contributed by atoms with Crippen molar-refractivity contribution < 1.29 is 27.5 Å². The lowest BCUT2D eigenvalue weighted by molar-refractivity contribution is -0.127. The second-order valence-corrected chi connectivity index (χ2v) is 6.50. The zero-order valence-electron chi connectivity index (χ0n) is 14.3. The van der Waals surface area contributed by atoms with Crippen LogP contribution in [0, 0.1) is 17.5 Å². The van der Waals surface area contributed by atoms with Crippen LogP contribution >= 0.6 is 0 Å². The van der Waals surface area contributed by atoms with Crippen molar-refractivity contribution in [3.8, 4) is 0 Å². The number of amides is 2. The topological polar surface area (TPSA) is 49.9 Å². The van der Waals surface area contributed by atoms with Gasteiger partial charge < -0.3 is 14.5 Å². The number of ether oxygens (including phenoxy) is 1. The average Bonchev–Trinajstić information content (AvgIpc) is 2.97. The third-order valence-electron chi connectivity index (χ3n) is 4.68. The first-order chi connectivity index (χ1) is 12.4. The lowest BCUT2D eigenvalue weighted by Crippen LogP contribution is -2.46. The molecule has 3 rings (SSSR count). The normalized spacial score (nSPS) is 21.5. The Labute approximate surface area is 149 Å².